The normalized spacial score (nSPS) is 13.0. The molecular weight excluding hydrogens is 294 g/mol. The molecule has 0 N–H and O–H groups in total. The summed E-state index contributed by atoms with van der Waals surface area (Å²) in [5.41, 5.74) is 0.504. The Labute approximate surface area is 115 Å². The van der Waals surface area contributed by atoms with Crippen molar-refractivity contribution < 1.29 is 18.1 Å². The monoisotopic (exact) mass is 307 g/mol. The SMILES string of the molecule is Cc1cc(OCC(C)CS(=O)(=O)Cl)ccc1[N+](=O)[O-]. The smallest absolute Gasteiger partial charge is 0.272 e. The Bertz CT molecular complexity index is 572. The number of nitrogens with zero attached hydrogens (tertiary/aromatic N) is 1. The van der Waals surface area contributed by atoms with Crippen molar-refractivity contribution in [3.8, 4) is 5.75 Å². The van der Waals surface area contributed by atoms with Crippen molar-refractivity contribution in [2.45, 2.75) is 13.8 Å². The molecule has 1 atom stereocenters. The number of benzene rings is 1. The molecule has 19 heavy (non-hydrogen) atoms. The fourth-order valence-electron chi connectivity index (χ4n) is 1.55. The van der Waals surface area contributed by atoms with E-state index in [9.17, 15) is 18.5 Å². The van der Waals surface area contributed by atoms with Crippen LogP contribution in [0.2, 0.25) is 0 Å². The lowest BCUT2D eigenvalue weighted by Crippen LogP contribution is -2.16. The summed E-state index contributed by atoms with van der Waals surface area (Å²) >= 11 is 0. The predicted molar refractivity (Wildman–Crippen MR) is 72.1 cm³/mol. The maximum absolute atomic E-state index is 10.9. The fraction of sp³-hybridized carbons (Fsp3) is 0.455. The molecule has 6 nitrogen and oxygen atoms in total. The van der Waals surface area contributed by atoms with E-state index in [1.165, 1.54) is 12.1 Å². The highest BCUT2D eigenvalue weighted by atomic mass is 35.7. The quantitative estimate of drug-likeness (QED) is 0.458. The first-order valence-corrected chi connectivity index (χ1v) is 7.97. The van der Waals surface area contributed by atoms with Gasteiger partial charge in [0.25, 0.3) is 5.69 Å². The zero-order valence-corrected chi connectivity index (χ0v) is 12.1. The molecule has 0 aliphatic heterocycles. The summed E-state index contributed by atoms with van der Waals surface area (Å²) in [6.07, 6.45) is 0. The Morgan fingerprint density at radius 2 is 2.11 bits per heavy atom. The Balaban J connectivity index is 2.64. The second-order valence-electron chi connectivity index (χ2n) is 4.33. The number of nitro groups is 1. The Morgan fingerprint density at radius 3 is 2.58 bits per heavy atom. The van der Waals surface area contributed by atoms with Crippen molar-refractivity contribution in [1.82, 2.24) is 0 Å². The molecule has 0 aliphatic rings. The summed E-state index contributed by atoms with van der Waals surface area (Å²) in [7, 11) is 1.58. The lowest BCUT2D eigenvalue weighted by atomic mass is 10.2. The second-order valence-corrected chi connectivity index (χ2v) is 7.15. The average Bonchev–Trinajstić information content (AvgIpc) is 2.23. The molecular formula is C11H14ClNO5S. The molecule has 0 saturated carbocycles. The van der Waals surface area contributed by atoms with E-state index in [0.29, 0.717) is 11.3 Å². The van der Waals surface area contributed by atoms with Crippen molar-refractivity contribution in [3.63, 3.8) is 0 Å². The molecule has 0 fully saturated rings. The van der Waals surface area contributed by atoms with Crippen LogP contribution in [-0.4, -0.2) is 25.7 Å². The van der Waals surface area contributed by atoms with Gasteiger partial charge in [-0.2, -0.15) is 0 Å². The first-order chi connectivity index (χ1) is 8.69. The molecule has 0 aliphatic carbocycles. The molecule has 1 rings (SSSR count). The second kappa shape index (κ2) is 6.21. The number of nitro benzene ring substituents is 1. The summed E-state index contributed by atoms with van der Waals surface area (Å²) in [6, 6.07) is 4.38. The van der Waals surface area contributed by atoms with Crippen molar-refractivity contribution in [3.05, 3.63) is 33.9 Å². The van der Waals surface area contributed by atoms with E-state index < -0.39 is 14.0 Å². The van der Waals surface area contributed by atoms with E-state index in [4.69, 9.17) is 15.4 Å². The first-order valence-electron chi connectivity index (χ1n) is 5.49. The van der Waals surface area contributed by atoms with Gasteiger partial charge in [0.1, 0.15) is 5.75 Å². The number of ether oxygens (including phenoxy) is 1. The summed E-state index contributed by atoms with van der Waals surface area (Å²) in [6.45, 7) is 3.47. The van der Waals surface area contributed by atoms with Crippen LogP contribution in [0.15, 0.2) is 18.2 Å². The molecule has 0 spiro atoms. The minimum absolute atomic E-state index is 0.0173. The molecule has 0 radical (unpaired) electrons. The number of aryl methyl sites for hydroxylation is 1. The van der Waals surface area contributed by atoms with Crippen LogP contribution in [0.25, 0.3) is 0 Å². The van der Waals surface area contributed by atoms with Gasteiger partial charge in [0.2, 0.25) is 9.05 Å². The third-order valence-corrected chi connectivity index (χ3v) is 3.73. The van der Waals surface area contributed by atoms with Gasteiger partial charge in [-0.15, -0.1) is 0 Å². The summed E-state index contributed by atoms with van der Waals surface area (Å²) < 4.78 is 27.1. The van der Waals surface area contributed by atoms with Crippen molar-refractivity contribution in [2.24, 2.45) is 5.92 Å². The Morgan fingerprint density at radius 1 is 1.47 bits per heavy atom. The van der Waals surface area contributed by atoms with Crippen LogP contribution >= 0.6 is 10.7 Å². The number of hydrogen-bond acceptors (Lipinski definition) is 5. The van der Waals surface area contributed by atoms with Crippen molar-refractivity contribution >= 4 is 25.4 Å². The summed E-state index contributed by atoms with van der Waals surface area (Å²) in [5, 5.41) is 10.6. The van der Waals surface area contributed by atoms with Crippen LogP contribution in [-0.2, 0) is 9.05 Å². The van der Waals surface area contributed by atoms with Crippen LogP contribution in [0.4, 0.5) is 5.69 Å². The minimum Gasteiger partial charge on any atom is -0.493 e. The third kappa shape index (κ3) is 5.44. The van der Waals surface area contributed by atoms with Crippen LogP contribution in [0.5, 0.6) is 5.75 Å². The van der Waals surface area contributed by atoms with E-state index in [-0.39, 0.29) is 24.0 Å². The highest BCUT2D eigenvalue weighted by Gasteiger charge is 2.14. The molecule has 0 aromatic heterocycles. The van der Waals surface area contributed by atoms with Crippen LogP contribution in [0.1, 0.15) is 12.5 Å². The van der Waals surface area contributed by atoms with Gasteiger partial charge >= 0.3 is 0 Å². The number of rotatable bonds is 6. The van der Waals surface area contributed by atoms with E-state index in [1.54, 1.807) is 19.9 Å². The van der Waals surface area contributed by atoms with Crippen molar-refractivity contribution in [2.75, 3.05) is 12.4 Å². The Kier molecular flexibility index (Phi) is 5.13. The molecule has 8 heteroatoms. The molecule has 1 aromatic rings. The van der Waals surface area contributed by atoms with Gasteiger partial charge in [-0.1, -0.05) is 6.92 Å². The third-order valence-electron chi connectivity index (χ3n) is 2.38. The van der Waals surface area contributed by atoms with Crippen LogP contribution in [0, 0.1) is 23.0 Å². The molecule has 0 heterocycles. The lowest BCUT2D eigenvalue weighted by molar-refractivity contribution is -0.385. The summed E-state index contributed by atoms with van der Waals surface area (Å²) in [4.78, 5) is 10.2. The van der Waals surface area contributed by atoms with Crippen molar-refractivity contribution in [1.29, 1.82) is 0 Å². The molecule has 1 aromatic carbocycles. The van der Waals surface area contributed by atoms with Gasteiger partial charge in [-0.05, 0) is 19.1 Å². The standard InChI is InChI=1S/C11H14ClNO5S/c1-8(7-19(12,16)17)6-18-10-3-4-11(13(14)15)9(2)5-10/h3-5,8H,6-7H2,1-2H3. The number of hydrogen-bond donors (Lipinski definition) is 0. The van der Waals surface area contributed by atoms with Gasteiger partial charge in [0.15, 0.2) is 0 Å². The zero-order valence-electron chi connectivity index (χ0n) is 10.5. The van der Waals surface area contributed by atoms with E-state index in [1.807, 2.05) is 0 Å². The largest absolute Gasteiger partial charge is 0.493 e. The zero-order chi connectivity index (χ0) is 14.6. The van der Waals surface area contributed by atoms with E-state index >= 15 is 0 Å². The highest BCUT2D eigenvalue weighted by Crippen LogP contribution is 2.23. The minimum atomic E-state index is -3.55. The predicted octanol–water partition coefficient (Wildman–Crippen LogP) is 2.49. The first kappa shape index (κ1) is 15.7. The van der Waals surface area contributed by atoms with Gasteiger partial charge < -0.3 is 4.74 Å². The molecule has 1 unspecified atom stereocenters. The molecule has 0 amide bonds. The van der Waals surface area contributed by atoms with E-state index in [0.717, 1.165) is 0 Å². The molecule has 0 bridgehead atoms. The topological polar surface area (TPSA) is 86.5 Å². The van der Waals surface area contributed by atoms with Gasteiger partial charge in [-0.25, -0.2) is 8.42 Å². The lowest BCUT2D eigenvalue weighted by Gasteiger charge is -2.11. The van der Waals surface area contributed by atoms with Gasteiger partial charge in [0.05, 0.1) is 17.3 Å². The molecule has 0 saturated heterocycles. The Hall–Kier alpha value is -1.34. The maximum atomic E-state index is 10.9. The van der Waals surface area contributed by atoms with E-state index in [2.05, 4.69) is 0 Å². The van der Waals surface area contributed by atoms with Crippen LogP contribution < -0.4 is 4.74 Å². The summed E-state index contributed by atoms with van der Waals surface area (Å²) in [5.74, 6) is 0.0143. The van der Waals surface area contributed by atoms with Gasteiger partial charge in [-0.3, -0.25) is 10.1 Å². The fourth-order valence-corrected chi connectivity index (χ4v) is 2.97. The number of halogens is 1. The average molecular weight is 308 g/mol. The maximum Gasteiger partial charge on any atom is 0.272 e. The highest BCUT2D eigenvalue weighted by molar-refractivity contribution is 8.13. The van der Waals surface area contributed by atoms with Crippen LogP contribution in [0.3, 0.4) is 0 Å². The molecule has 106 valence electrons. The van der Waals surface area contributed by atoms with Gasteiger partial charge in [0, 0.05) is 28.2 Å².